The highest BCUT2D eigenvalue weighted by atomic mass is 79.9. The van der Waals surface area contributed by atoms with Crippen molar-refractivity contribution in [1.82, 2.24) is 4.98 Å². The molecule has 0 unspecified atom stereocenters. The number of hydrogen-bond acceptors (Lipinski definition) is 4. The van der Waals surface area contributed by atoms with Crippen LogP contribution in [0.4, 0.5) is 0 Å². The molecule has 0 saturated heterocycles. The van der Waals surface area contributed by atoms with Gasteiger partial charge in [0.1, 0.15) is 11.5 Å². The van der Waals surface area contributed by atoms with Crippen molar-refractivity contribution in [2.45, 2.75) is 13.3 Å². The molecular weight excluding hydrogens is 310 g/mol. The zero-order valence-corrected chi connectivity index (χ0v) is 11.9. The standard InChI is InChI=1S/C14H12BrNO3/c1-2-14(17)19-12-6-4-11(5-7-12)18-13-8-3-10(15)9-16-13/h3-9H,2H2,1H3. The SMILES string of the molecule is CCC(=O)Oc1ccc(Oc2ccc(Br)cn2)cc1. The van der Waals surface area contributed by atoms with Gasteiger partial charge in [0.25, 0.3) is 0 Å². The Kier molecular flexibility index (Phi) is 4.52. The summed E-state index contributed by atoms with van der Waals surface area (Å²) in [5.41, 5.74) is 0. The molecule has 0 bridgehead atoms. The molecule has 0 spiro atoms. The minimum Gasteiger partial charge on any atom is -0.439 e. The third kappa shape index (κ3) is 4.06. The van der Waals surface area contributed by atoms with Gasteiger partial charge in [-0.05, 0) is 46.3 Å². The Bertz CT molecular complexity index is 552. The molecule has 0 aliphatic rings. The van der Waals surface area contributed by atoms with Gasteiger partial charge < -0.3 is 9.47 Å². The molecule has 0 radical (unpaired) electrons. The van der Waals surface area contributed by atoms with E-state index < -0.39 is 0 Å². The Morgan fingerprint density at radius 2 is 1.84 bits per heavy atom. The summed E-state index contributed by atoms with van der Waals surface area (Å²) in [5, 5.41) is 0. The Morgan fingerprint density at radius 1 is 1.16 bits per heavy atom. The summed E-state index contributed by atoms with van der Waals surface area (Å²) in [6.07, 6.45) is 2.01. The van der Waals surface area contributed by atoms with E-state index in [0.717, 1.165) is 4.47 Å². The molecular formula is C14H12BrNO3. The summed E-state index contributed by atoms with van der Waals surface area (Å²) in [7, 11) is 0. The number of ether oxygens (including phenoxy) is 2. The first kappa shape index (κ1) is 13.5. The van der Waals surface area contributed by atoms with Crippen molar-refractivity contribution < 1.29 is 14.3 Å². The Balaban J connectivity index is 2.02. The van der Waals surface area contributed by atoms with Crippen LogP contribution in [-0.4, -0.2) is 11.0 Å². The molecule has 98 valence electrons. The van der Waals surface area contributed by atoms with Crippen LogP contribution >= 0.6 is 15.9 Å². The summed E-state index contributed by atoms with van der Waals surface area (Å²) in [5.74, 6) is 1.37. The lowest BCUT2D eigenvalue weighted by Crippen LogP contribution is -2.05. The number of benzene rings is 1. The molecule has 4 nitrogen and oxygen atoms in total. The predicted octanol–water partition coefficient (Wildman–Crippen LogP) is 3.95. The van der Waals surface area contributed by atoms with E-state index in [4.69, 9.17) is 9.47 Å². The topological polar surface area (TPSA) is 48.4 Å². The van der Waals surface area contributed by atoms with Crippen LogP contribution in [0.2, 0.25) is 0 Å². The Labute approximate surface area is 119 Å². The first-order valence-electron chi connectivity index (χ1n) is 5.77. The number of nitrogens with zero attached hydrogens (tertiary/aromatic N) is 1. The lowest BCUT2D eigenvalue weighted by molar-refractivity contribution is -0.134. The van der Waals surface area contributed by atoms with E-state index >= 15 is 0 Å². The van der Waals surface area contributed by atoms with Crippen molar-refractivity contribution in [2.75, 3.05) is 0 Å². The zero-order chi connectivity index (χ0) is 13.7. The minimum absolute atomic E-state index is 0.261. The molecule has 0 saturated carbocycles. The largest absolute Gasteiger partial charge is 0.439 e. The van der Waals surface area contributed by atoms with Crippen LogP contribution < -0.4 is 9.47 Å². The molecule has 0 amide bonds. The van der Waals surface area contributed by atoms with E-state index in [9.17, 15) is 4.79 Å². The van der Waals surface area contributed by atoms with Gasteiger partial charge in [0.2, 0.25) is 5.88 Å². The maximum atomic E-state index is 11.1. The molecule has 1 aromatic heterocycles. The normalized spacial score (nSPS) is 10.0. The molecule has 0 fully saturated rings. The van der Waals surface area contributed by atoms with Crippen LogP contribution in [0.5, 0.6) is 17.4 Å². The highest BCUT2D eigenvalue weighted by Gasteiger charge is 2.03. The van der Waals surface area contributed by atoms with Crippen LogP contribution in [0.3, 0.4) is 0 Å². The number of carbonyl (C=O) groups excluding carboxylic acids is 1. The average molecular weight is 322 g/mol. The Morgan fingerprint density at radius 3 is 2.42 bits per heavy atom. The van der Waals surface area contributed by atoms with Gasteiger partial charge in [0.05, 0.1) is 0 Å². The van der Waals surface area contributed by atoms with Crippen LogP contribution in [0, 0.1) is 0 Å². The lowest BCUT2D eigenvalue weighted by Gasteiger charge is -2.06. The van der Waals surface area contributed by atoms with Crippen molar-refractivity contribution in [3.63, 3.8) is 0 Å². The van der Waals surface area contributed by atoms with E-state index in [1.54, 1.807) is 43.5 Å². The van der Waals surface area contributed by atoms with Crippen LogP contribution in [0.1, 0.15) is 13.3 Å². The van der Waals surface area contributed by atoms with Crippen molar-refractivity contribution >= 4 is 21.9 Å². The smallest absolute Gasteiger partial charge is 0.310 e. The fourth-order valence-corrected chi connectivity index (χ4v) is 1.56. The minimum atomic E-state index is -0.261. The molecule has 2 rings (SSSR count). The van der Waals surface area contributed by atoms with Gasteiger partial charge in [0.15, 0.2) is 0 Å². The predicted molar refractivity (Wildman–Crippen MR) is 74.4 cm³/mol. The van der Waals surface area contributed by atoms with Crippen molar-refractivity contribution in [3.05, 3.63) is 47.1 Å². The van der Waals surface area contributed by atoms with Crippen LogP contribution in [0.25, 0.3) is 0 Å². The third-order valence-electron chi connectivity index (χ3n) is 2.27. The third-order valence-corrected chi connectivity index (χ3v) is 2.74. The first-order valence-corrected chi connectivity index (χ1v) is 6.57. The molecule has 0 aliphatic carbocycles. The fourth-order valence-electron chi connectivity index (χ4n) is 1.32. The second kappa shape index (κ2) is 6.33. The van der Waals surface area contributed by atoms with Gasteiger partial charge in [0, 0.05) is 23.2 Å². The Hall–Kier alpha value is -1.88. The maximum absolute atomic E-state index is 11.1. The van der Waals surface area contributed by atoms with Crippen LogP contribution in [0.15, 0.2) is 47.1 Å². The lowest BCUT2D eigenvalue weighted by atomic mass is 10.3. The molecule has 1 heterocycles. The zero-order valence-electron chi connectivity index (χ0n) is 10.3. The van der Waals surface area contributed by atoms with Crippen molar-refractivity contribution in [2.24, 2.45) is 0 Å². The van der Waals surface area contributed by atoms with Gasteiger partial charge >= 0.3 is 5.97 Å². The molecule has 1 aromatic carbocycles. The summed E-state index contributed by atoms with van der Waals surface area (Å²) in [4.78, 5) is 15.2. The molecule has 0 aliphatic heterocycles. The number of aromatic nitrogens is 1. The number of hydrogen-bond donors (Lipinski definition) is 0. The van der Waals surface area contributed by atoms with Crippen molar-refractivity contribution in [3.8, 4) is 17.4 Å². The number of esters is 1. The summed E-state index contributed by atoms with van der Waals surface area (Å²) >= 11 is 3.30. The fraction of sp³-hybridized carbons (Fsp3) is 0.143. The van der Waals surface area contributed by atoms with E-state index in [2.05, 4.69) is 20.9 Å². The van der Waals surface area contributed by atoms with E-state index in [1.165, 1.54) is 0 Å². The quantitative estimate of drug-likeness (QED) is 0.632. The number of rotatable bonds is 4. The number of carbonyl (C=O) groups is 1. The highest BCUT2D eigenvalue weighted by Crippen LogP contribution is 2.23. The van der Waals surface area contributed by atoms with Gasteiger partial charge in [-0.3, -0.25) is 4.79 Å². The number of halogens is 1. The molecule has 0 N–H and O–H groups in total. The van der Waals surface area contributed by atoms with Gasteiger partial charge in [-0.2, -0.15) is 0 Å². The molecule has 0 atom stereocenters. The first-order chi connectivity index (χ1) is 9.17. The summed E-state index contributed by atoms with van der Waals surface area (Å²) < 4.78 is 11.5. The van der Waals surface area contributed by atoms with E-state index in [-0.39, 0.29) is 5.97 Å². The van der Waals surface area contributed by atoms with Crippen LogP contribution in [-0.2, 0) is 4.79 Å². The number of pyridine rings is 1. The van der Waals surface area contributed by atoms with E-state index in [1.807, 2.05) is 6.07 Å². The maximum Gasteiger partial charge on any atom is 0.310 e. The van der Waals surface area contributed by atoms with Crippen molar-refractivity contribution in [1.29, 1.82) is 0 Å². The average Bonchev–Trinajstić information content (AvgIpc) is 2.43. The summed E-state index contributed by atoms with van der Waals surface area (Å²) in [6, 6.07) is 10.4. The van der Waals surface area contributed by atoms with Gasteiger partial charge in [-0.1, -0.05) is 6.92 Å². The van der Waals surface area contributed by atoms with Gasteiger partial charge in [-0.25, -0.2) is 4.98 Å². The monoisotopic (exact) mass is 321 g/mol. The van der Waals surface area contributed by atoms with Gasteiger partial charge in [-0.15, -0.1) is 0 Å². The highest BCUT2D eigenvalue weighted by molar-refractivity contribution is 9.10. The molecule has 2 aromatic rings. The molecule has 5 heteroatoms. The van der Waals surface area contributed by atoms with E-state index in [0.29, 0.717) is 23.8 Å². The summed E-state index contributed by atoms with van der Waals surface area (Å²) in [6.45, 7) is 1.75. The second-order valence-corrected chi connectivity index (χ2v) is 4.63. The molecule has 19 heavy (non-hydrogen) atoms. The second-order valence-electron chi connectivity index (χ2n) is 3.72.